The molecular formula is C26H40F3N7O3. The van der Waals surface area contributed by atoms with Gasteiger partial charge in [-0.3, -0.25) is 9.69 Å². The first-order valence-corrected chi connectivity index (χ1v) is 12.9. The lowest BCUT2D eigenvalue weighted by atomic mass is 10.0. The van der Waals surface area contributed by atoms with E-state index in [0.29, 0.717) is 35.7 Å². The van der Waals surface area contributed by atoms with Crippen molar-refractivity contribution >= 4 is 17.7 Å². The van der Waals surface area contributed by atoms with E-state index in [0.717, 1.165) is 28.9 Å². The molecule has 39 heavy (non-hydrogen) atoms. The summed E-state index contributed by atoms with van der Waals surface area (Å²) in [6.07, 6.45) is -1.79. The topological polar surface area (TPSA) is 152 Å². The van der Waals surface area contributed by atoms with Crippen molar-refractivity contribution in [2.45, 2.75) is 58.3 Å². The van der Waals surface area contributed by atoms with Gasteiger partial charge in [0.25, 0.3) is 0 Å². The summed E-state index contributed by atoms with van der Waals surface area (Å²) >= 11 is 0. The zero-order valence-corrected chi connectivity index (χ0v) is 22.8. The quantitative estimate of drug-likeness (QED) is 0.210. The molecule has 0 saturated carbocycles. The van der Waals surface area contributed by atoms with Crippen LogP contribution in [-0.2, 0) is 17.8 Å². The number of alkyl halides is 3. The number of aryl methyl sites for hydroxylation is 1. The minimum atomic E-state index is -4.47. The number of amides is 1. The molecule has 1 heterocycles. The predicted octanol–water partition coefficient (Wildman–Crippen LogP) is 2.37. The van der Waals surface area contributed by atoms with Crippen LogP contribution in [0.3, 0.4) is 0 Å². The Morgan fingerprint density at radius 2 is 2.00 bits per heavy atom. The molecule has 0 fully saturated rings. The second-order valence-electron chi connectivity index (χ2n) is 9.36. The van der Waals surface area contributed by atoms with E-state index in [1.54, 1.807) is 18.2 Å². The highest BCUT2D eigenvalue weighted by Crippen LogP contribution is 2.29. The van der Waals surface area contributed by atoms with E-state index in [-0.39, 0.29) is 38.2 Å². The van der Waals surface area contributed by atoms with Gasteiger partial charge in [0.2, 0.25) is 11.9 Å². The molecule has 218 valence electrons. The Morgan fingerprint density at radius 1 is 1.26 bits per heavy atom. The Balaban J connectivity index is 2.31. The van der Waals surface area contributed by atoms with Crippen LogP contribution in [-0.4, -0.2) is 78.0 Å². The highest BCUT2D eigenvalue weighted by Gasteiger charge is 2.31. The molecule has 0 spiro atoms. The minimum Gasteiger partial charge on any atom is -0.496 e. The molecular weight excluding hydrogens is 515 g/mol. The molecule has 2 rings (SSSR count). The van der Waals surface area contributed by atoms with Crippen molar-refractivity contribution in [2.75, 3.05) is 50.9 Å². The number of methoxy groups -OCH3 is 1. The molecule has 1 aromatic heterocycles. The predicted molar refractivity (Wildman–Crippen MR) is 144 cm³/mol. The van der Waals surface area contributed by atoms with Crippen LogP contribution >= 0.6 is 0 Å². The Labute approximate surface area is 227 Å². The number of rotatable bonds is 16. The van der Waals surface area contributed by atoms with E-state index in [1.807, 2.05) is 6.92 Å². The average Bonchev–Trinajstić information content (AvgIpc) is 2.84. The summed E-state index contributed by atoms with van der Waals surface area (Å²) in [4.78, 5) is 21.8. The molecule has 0 unspecified atom stereocenters. The standard InChI is InChI=1S/C26H40F3N7O3/c1-4-5-20(8-11-37)34-24-21(17(2)33-25(31)35-24)13-19-7-6-18(12-22(19)39-3)14-36(16-26(27,28)29)15-23(38)32-10-9-30/h6-7,12,20,37H,4-5,8-11,13-16,30H2,1-3H3,(H,32,38)(H3,31,33,34,35)/t20-/m0/s1. The fourth-order valence-electron chi connectivity index (χ4n) is 4.31. The molecule has 0 aliphatic rings. The normalized spacial score (nSPS) is 12.4. The van der Waals surface area contributed by atoms with E-state index in [4.69, 9.17) is 16.2 Å². The number of nitrogens with two attached hydrogens (primary N) is 2. The molecule has 0 aliphatic carbocycles. The van der Waals surface area contributed by atoms with Crippen molar-refractivity contribution in [1.29, 1.82) is 0 Å². The lowest BCUT2D eigenvalue weighted by molar-refractivity contribution is -0.150. The van der Waals surface area contributed by atoms with Crippen molar-refractivity contribution in [2.24, 2.45) is 5.73 Å². The Kier molecular flexibility index (Phi) is 12.7. The Hall–Kier alpha value is -3.16. The van der Waals surface area contributed by atoms with E-state index >= 15 is 0 Å². The minimum absolute atomic E-state index is 0.00149. The maximum Gasteiger partial charge on any atom is 0.401 e. The van der Waals surface area contributed by atoms with Gasteiger partial charge in [-0.2, -0.15) is 18.2 Å². The van der Waals surface area contributed by atoms with Gasteiger partial charge < -0.3 is 31.9 Å². The van der Waals surface area contributed by atoms with Crippen LogP contribution in [0, 0.1) is 6.92 Å². The van der Waals surface area contributed by atoms with Crippen molar-refractivity contribution in [1.82, 2.24) is 20.2 Å². The largest absolute Gasteiger partial charge is 0.496 e. The smallest absolute Gasteiger partial charge is 0.401 e. The summed E-state index contributed by atoms with van der Waals surface area (Å²) in [5, 5.41) is 15.3. The zero-order valence-electron chi connectivity index (χ0n) is 22.8. The van der Waals surface area contributed by atoms with Gasteiger partial charge in [0, 0.05) is 50.0 Å². The number of hydrogen-bond donors (Lipinski definition) is 5. The maximum atomic E-state index is 13.2. The molecule has 13 heteroatoms. The van der Waals surface area contributed by atoms with Gasteiger partial charge in [-0.15, -0.1) is 0 Å². The van der Waals surface area contributed by atoms with Crippen molar-refractivity contribution in [3.63, 3.8) is 0 Å². The summed E-state index contributed by atoms with van der Waals surface area (Å²) in [6, 6.07) is 5.16. The van der Waals surface area contributed by atoms with E-state index in [2.05, 4.69) is 27.5 Å². The van der Waals surface area contributed by atoms with Crippen LogP contribution in [0.4, 0.5) is 24.9 Å². The third-order valence-corrected chi connectivity index (χ3v) is 6.05. The molecule has 1 aromatic carbocycles. The molecule has 1 amide bonds. The van der Waals surface area contributed by atoms with Crippen LogP contribution in [0.15, 0.2) is 18.2 Å². The van der Waals surface area contributed by atoms with Gasteiger partial charge in [-0.25, -0.2) is 4.98 Å². The zero-order chi connectivity index (χ0) is 29.0. The Bertz CT molecular complexity index is 1060. The van der Waals surface area contributed by atoms with Gasteiger partial charge in [-0.1, -0.05) is 25.5 Å². The van der Waals surface area contributed by atoms with Crippen LogP contribution in [0.1, 0.15) is 48.6 Å². The number of aliphatic hydroxyl groups is 1. The average molecular weight is 556 g/mol. The molecule has 1 atom stereocenters. The van der Waals surface area contributed by atoms with Gasteiger partial charge in [0.05, 0.1) is 20.2 Å². The molecule has 10 nitrogen and oxygen atoms in total. The first-order valence-electron chi connectivity index (χ1n) is 12.9. The lowest BCUT2D eigenvalue weighted by Crippen LogP contribution is -2.42. The number of anilines is 2. The lowest BCUT2D eigenvalue weighted by Gasteiger charge is -2.24. The fraction of sp³-hybridized carbons (Fsp3) is 0.577. The van der Waals surface area contributed by atoms with Gasteiger partial charge in [-0.05, 0) is 37.0 Å². The Morgan fingerprint density at radius 3 is 2.62 bits per heavy atom. The van der Waals surface area contributed by atoms with Crippen LogP contribution in [0.2, 0.25) is 0 Å². The van der Waals surface area contributed by atoms with Gasteiger partial charge >= 0.3 is 6.18 Å². The van der Waals surface area contributed by atoms with Crippen molar-refractivity contribution < 1.29 is 27.8 Å². The number of nitrogen functional groups attached to an aromatic ring is 1. The molecule has 0 saturated heterocycles. The first kappa shape index (κ1) is 32.1. The number of benzene rings is 1. The van der Waals surface area contributed by atoms with Crippen LogP contribution < -0.4 is 26.8 Å². The van der Waals surface area contributed by atoms with E-state index in [1.165, 1.54) is 7.11 Å². The number of carbonyl (C=O) groups excluding carboxylic acids is 1. The second-order valence-corrected chi connectivity index (χ2v) is 9.36. The number of aliphatic hydroxyl groups excluding tert-OH is 1. The maximum absolute atomic E-state index is 13.2. The van der Waals surface area contributed by atoms with Crippen LogP contribution in [0.5, 0.6) is 5.75 Å². The van der Waals surface area contributed by atoms with Crippen molar-refractivity contribution in [3.05, 3.63) is 40.6 Å². The number of nitrogens with one attached hydrogen (secondary N) is 2. The monoisotopic (exact) mass is 555 g/mol. The molecule has 0 bridgehead atoms. The first-order chi connectivity index (χ1) is 18.5. The number of nitrogens with zero attached hydrogens (tertiary/aromatic N) is 3. The summed E-state index contributed by atoms with van der Waals surface area (Å²) in [6.45, 7) is 2.52. The molecule has 0 aliphatic heterocycles. The third kappa shape index (κ3) is 10.9. The van der Waals surface area contributed by atoms with Crippen LogP contribution in [0.25, 0.3) is 0 Å². The molecule has 7 N–H and O–H groups in total. The number of aromatic nitrogens is 2. The number of hydrogen-bond acceptors (Lipinski definition) is 9. The van der Waals surface area contributed by atoms with Gasteiger partial charge in [0.1, 0.15) is 11.6 Å². The molecule has 2 aromatic rings. The number of halogens is 3. The second kappa shape index (κ2) is 15.4. The van der Waals surface area contributed by atoms with Gasteiger partial charge in [0.15, 0.2) is 0 Å². The molecule has 0 radical (unpaired) electrons. The summed E-state index contributed by atoms with van der Waals surface area (Å²) in [5.74, 6) is 0.642. The SMILES string of the molecule is CCC[C@@H](CCO)Nc1nc(N)nc(C)c1Cc1ccc(CN(CC(=O)NCCN)CC(F)(F)F)cc1OC. The van der Waals surface area contributed by atoms with Crippen molar-refractivity contribution in [3.8, 4) is 5.75 Å². The summed E-state index contributed by atoms with van der Waals surface area (Å²) in [5.41, 5.74) is 14.1. The summed E-state index contributed by atoms with van der Waals surface area (Å²) < 4.78 is 45.2. The fourth-order valence-corrected chi connectivity index (χ4v) is 4.31. The third-order valence-electron chi connectivity index (χ3n) is 6.05. The number of carbonyl (C=O) groups is 1. The van der Waals surface area contributed by atoms with E-state index in [9.17, 15) is 23.1 Å². The summed E-state index contributed by atoms with van der Waals surface area (Å²) in [7, 11) is 1.49. The highest BCUT2D eigenvalue weighted by atomic mass is 19.4. The highest BCUT2D eigenvalue weighted by molar-refractivity contribution is 5.78. The van der Waals surface area contributed by atoms with E-state index < -0.39 is 25.2 Å². The number of ether oxygens (including phenoxy) is 1.